The third-order valence-corrected chi connectivity index (χ3v) is 3.38. The second kappa shape index (κ2) is 8.06. The van der Waals surface area contributed by atoms with Crippen molar-refractivity contribution in [3.63, 3.8) is 0 Å². The van der Waals surface area contributed by atoms with Crippen LogP contribution in [0.1, 0.15) is 12.8 Å². The van der Waals surface area contributed by atoms with Gasteiger partial charge in [-0.3, -0.25) is 10.9 Å². The van der Waals surface area contributed by atoms with Crippen molar-refractivity contribution in [2.75, 3.05) is 18.5 Å². The summed E-state index contributed by atoms with van der Waals surface area (Å²) in [6.07, 6.45) is 2.32. The second-order valence-corrected chi connectivity index (χ2v) is 5.35. The molecule has 4 N–H and O–H groups in total. The molecule has 0 radical (unpaired) electrons. The summed E-state index contributed by atoms with van der Waals surface area (Å²) >= 11 is 10.1. The number of anilines is 1. The number of halogens is 1. The first-order valence-electron chi connectivity index (χ1n) is 6.62. The fraction of sp³-hybridized carbons (Fsp3) is 0.385. The molecule has 1 aliphatic heterocycles. The smallest absolute Gasteiger partial charge is 0.189 e. The normalized spacial score (nSPS) is 17.1. The molecule has 0 aromatic heterocycles. The number of benzene rings is 1. The van der Waals surface area contributed by atoms with Crippen LogP contribution in [0.3, 0.4) is 0 Å². The molecule has 0 unspecified atom stereocenters. The summed E-state index contributed by atoms with van der Waals surface area (Å²) in [7, 11) is 0. The summed E-state index contributed by atoms with van der Waals surface area (Å²) in [6.45, 7) is 1.46. The van der Waals surface area contributed by atoms with Gasteiger partial charge in [0.1, 0.15) is 5.82 Å². The lowest BCUT2D eigenvalue weighted by atomic mass is 10.2. The molecule has 1 aliphatic rings. The molecule has 8 heteroatoms. The molecule has 5 nitrogen and oxygen atoms in total. The Morgan fingerprint density at radius 2 is 2.00 bits per heavy atom. The van der Waals surface area contributed by atoms with Crippen molar-refractivity contribution in [3.05, 3.63) is 30.1 Å². The molecule has 0 saturated carbocycles. The van der Waals surface area contributed by atoms with Crippen LogP contribution in [0.4, 0.5) is 10.1 Å². The van der Waals surface area contributed by atoms with E-state index < -0.39 is 0 Å². The first-order valence-corrected chi connectivity index (χ1v) is 7.44. The fourth-order valence-corrected chi connectivity index (χ4v) is 2.18. The zero-order valence-corrected chi connectivity index (χ0v) is 13.0. The van der Waals surface area contributed by atoms with Gasteiger partial charge in [0.15, 0.2) is 10.2 Å². The van der Waals surface area contributed by atoms with Gasteiger partial charge < -0.3 is 15.4 Å². The summed E-state index contributed by atoms with van der Waals surface area (Å²) in [6, 6.07) is 6.28. The topological polar surface area (TPSA) is 57.3 Å². The zero-order valence-electron chi connectivity index (χ0n) is 11.3. The van der Waals surface area contributed by atoms with Gasteiger partial charge in [-0.15, -0.1) is 0 Å². The van der Waals surface area contributed by atoms with E-state index in [-0.39, 0.29) is 17.0 Å². The number of hydrogen-bond donors (Lipinski definition) is 4. The summed E-state index contributed by atoms with van der Waals surface area (Å²) in [5, 5.41) is 6.39. The number of hydrogen-bond acceptors (Lipinski definition) is 3. The Morgan fingerprint density at radius 3 is 2.71 bits per heavy atom. The molecule has 114 valence electrons. The summed E-state index contributed by atoms with van der Waals surface area (Å²) in [5.74, 6) is -0.374. The predicted molar refractivity (Wildman–Crippen MR) is 88.5 cm³/mol. The molecule has 1 aromatic rings. The fourth-order valence-electron chi connectivity index (χ4n) is 1.89. The van der Waals surface area contributed by atoms with Gasteiger partial charge in [-0.2, -0.15) is 0 Å². The molecule has 1 aromatic carbocycles. The lowest BCUT2D eigenvalue weighted by Crippen LogP contribution is -2.49. The lowest BCUT2D eigenvalue weighted by Gasteiger charge is -2.16. The standard InChI is InChI=1S/C13H17FN4OS2/c14-10-5-1-2-6-11(10)16-13(21)18-17-12(20)15-8-9-4-3-7-19-9/h1-2,5-6,9H,3-4,7-8H2,(H2,15,17,20)(H2,16,18,21)/t9-/m1/s1. The van der Waals surface area contributed by atoms with Gasteiger partial charge in [0.2, 0.25) is 0 Å². The maximum atomic E-state index is 13.4. The van der Waals surface area contributed by atoms with E-state index >= 15 is 0 Å². The van der Waals surface area contributed by atoms with E-state index in [1.54, 1.807) is 18.2 Å². The Bertz CT molecular complexity index is 509. The average Bonchev–Trinajstić information content (AvgIpc) is 2.99. The van der Waals surface area contributed by atoms with E-state index in [9.17, 15) is 4.39 Å². The Hall–Kier alpha value is -1.51. The number of hydrazine groups is 1. The first kappa shape index (κ1) is 15.9. The van der Waals surface area contributed by atoms with Gasteiger partial charge in [-0.25, -0.2) is 4.39 Å². The van der Waals surface area contributed by atoms with Gasteiger partial charge >= 0.3 is 0 Å². The Kier molecular flexibility index (Phi) is 6.09. The quantitative estimate of drug-likeness (QED) is 0.497. The van der Waals surface area contributed by atoms with Crippen LogP contribution < -0.4 is 21.5 Å². The molecule has 0 amide bonds. The van der Waals surface area contributed by atoms with Crippen molar-refractivity contribution in [2.24, 2.45) is 0 Å². The molecule has 1 heterocycles. The molecule has 1 fully saturated rings. The minimum Gasteiger partial charge on any atom is -0.376 e. The van der Waals surface area contributed by atoms with Crippen LogP contribution in [0.15, 0.2) is 24.3 Å². The van der Waals surface area contributed by atoms with Crippen molar-refractivity contribution >= 4 is 40.3 Å². The minimum absolute atomic E-state index is 0.202. The van der Waals surface area contributed by atoms with Crippen LogP contribution in [-0.4, -0.2) is 29.5 Å². The van der Waals surface area contributed by atoms with Crippen LogP contribution in [0.2, 0.25) is 0 Å². The van der Waals surface area contributed by atoms with Crippen molar-refractivity contribution in [1.82, 2.24) is 16.2 Å². The van der Waals surface area contributed by atoms with Gasteiger partial charge in [0.05, 0.1) is 11.8 Å². The maximum Gasteiger partial charge on any atom is 0.189 e. The van der Waals surface area contributed by atoms with Gasteiger partial charge in [0, 0.05) is 13.2 Å². The third kappa shape index (κ3) is 5.41. The number of para-hydroxylation sites is 1. The number of thiocarbonyl (C=S) groups is 2. The molecular formula is C13H17FN4OS2. The molecule has 0 aliphatic carbocycles. The third-order valence-electron chi connectivity index (χ3n) is 2.93. The van der Waals surface area contributed by atoms with Crippen LogP contribution in [0, 0.1) is 5.82 Å². The summed E-state index contributed by atoms with van der Waals surface area (Å²) < 4.78 is 18.9. The molecule has 1 saturated heterocycles. The highest BCUT2D eigenvalue weighted by molar-refractivity contribution is 7.80. The highest BCUT2D eigenvalue weighted by Gasteiger charge is 2.15. The monoisotopic (exact) mass is 328 g/mol. The molecule has 2 rings (SSSR count). The molecular weight excluding hydrogens is 311 g/mol. The van der Waals surface area contributed by atoms with Crippen LogP contribution in [-0.2, 0) is 4.74 Å². The molecule has 1 atom stereocenters. The Labute approximate surface area is 133 Å². The average molecular weight is 328 g/mol. The first-order chi connectivity index (χ1) is 10.1. The number of ether oxygens (including phenoxy) is 1. The SMILES string of the molecule is Fc1ccccc1NC(=S)NNC(=S)NC[C@H]1CCCO1. The van der Waals surface area contributed by atoms with Crippen molar-refractivity contribution in [3.8, 4) is 0 Å². The summed E-state index contributed by atoms with van der Waals surface area (Å²) in [5.41, 5.74) is 5.73. The maximum absolute atomic E-state index is 13.4. The second-order valence-electron chi connectivity index (χ2n) is 4.53. The van der Waals surface area contributed by atoms with Gasteiger partial charge in [0.25, 0.3) is 0 Å². The van der Waals surface area contributed by atoms with Gasteiger partial charge in [-0.1, -0.05) is 12.1 Å². The summed E-state index contributed by atoms with van der Waals surface area (Å²) in [4.78, 5) is 0. The molecule has 0 bridgehead atoms. The van der Waals surface area contributed by atoms with E-state index in [2.05, 4.69) is 21.5 Å². The highest BCUT2D eigenvalue weighted by atomic mass is 32.1. The van der Waals surface area contributed by atoms with E-state index in [0.717, 1.165) is 19.4 Å². The van der Waals surface area contributed by atoms with E-state index in [4.69, 9.17) is 29.2 Å². The number of rotatable bonds is 3. The largest absolute Gasteiger partial charge is 0.376 e. The Morgan fingerprint density at radius 1 is 1.24 bits per heavy atom. The van der Waals surface area contributed by atoms with Crippen molar-refractivity contribution in [1.29, 1.82) is 0 Å². The van der Waals surface area contributed by atoms with E-state index in [1.807, 2.05) is 0 Å². The Balaban J connectivity index is 1.66. The molecule has 21 heavy (non-hydrogen) atoms. The predicted octanol–water partition coefficient (Wildman–Crippen LogP) is 1.67. The van der Waals surface area contributed by atoms with E-state index in [1.165, 1.54) is 6.07 Å². The van der Waals surface area contributed by atoms with Gasteiger partial charge in [-0.05, 0) is 49.4 Å². The molecule has 0 spiro atoms. The lowest BCUT2D eigenvalue weighted by molar-refractivity contribution is 0.114. The van der Waals surface area contributed by atoms with Crippen molar-refractivity contribution < 1.29 is 9.13 Å². The number of nitrogens with one attached hydrogen (secondary N) is 4. The zero-order chi connectivity index (χ0) is 15.1. The van der Waals surface area contributed by atoms with Crippen LogP contribution in [0.5, 0.6) is 0 Å². The van der Waals surface area contributed by atoms with Crippen molar-refractivity contribution in [2.45, 2.75) is 18.9 Å². The van der Waals surface area contributed by atoms with Crippen LogP contribution >= 0.6 is 24.4 Å². The minimum atomic E-state index is -0.374. The van der Waals surface area contributed by atoms with E-state index in [0.29, 0.717) is 17.3 Å². The van der Waals surface area contributed by atoms with Crippen LogP contribution in [0.25, 0.3) is 0 Å². The highest BCUT2D eigenvalue weighted by Crippen LogP contribution is 2.12.